The number of halogens is 1. The molecule has 1 unspecified atom stereocenters. The fourth-order valence-corrected chi connectivity index (χ4v) is 4.78. The van der Waals surface area contributed by atoms with Gasteiger partial charge < -0.3 is 20.5 Å². The number of aliphatic hydroxyl groups excluding tert-OH is 1. The van der Waals surface area contributed by atoms with Gasteiger partial charge in [0, 0.05) is 44.0 Å². The second-order valence-corrected chi connectivity index (χ2v) is 9.69. The van der Waals surface area contributed by atoms with Crippen LogP contribution in [-0.2, 0) is 19.6 Å². The Morgan fingerprint density at radius 2 is 2.22 bits per heavy atom. The van der Waals surface area contributed by atoms with Crippen LogP contribution in [0.2, 0.25) is 5.02 Å². The van der Waals surface area contributed by atoms with E-state index in [1.165, 1.54) is 6.42 Å². The number of carbonyl (C=O) groups is 1. The molecular weight excluding hydrogens is 482 g/mol. The first kappa shape index (κ1) is 24.5. The molecule has 0 radical (unpaired) electrons. The molecule has 10 nitrogen and oxygen atoms in total. The molecule has 1 saturated carbocycles. The monoisotopic (exact) mass is 511 g/mol. The summed E-state index contributed by atoms with van der Waals surface area (Å²) in [5.41, 5.74) is 3.41. The molecule has 1 amide bonds. The van der Waals surface area contributed by atoms with Gasteiger partial charge in [-0.3, -0.25) is 9.69 Å². The SMILES string of the molecule is O=C(NCC(O)CN1CCc2c(ccc(OCc3cn[nH]n3)c2Cl)C1)c1ccnc(NC2CCC2)c1. The van der Waals surface area contributed by atoms with Crippen molar-refractivity contribution in [1.82, 2.24) is 30.6 Å². The summed E-state index contributed by atoms with van der Waals surface area (Å²) in [4.78, 5) is 19.1. The summed E-state index contributed by atoms with van der Waals surface area (Å²) in [6, 6.07) is 7.76. The van der Waals surface area contributed by atoms with Crippen LogP contribution in [0.25, 0.3) is 0 Å². The number of ether oxygens (including phenoxy) is 1. The van der Waals surface area contributed by atoms with E-state index in [1.807, 2.05) is 12.1 Å². The maximum absolute atomic E-state index is 12.6. The maximum Gasteiger partial charge on any atom is 0.251 e. The van der Waals surface area contributed by atoms with Crippen LogP contribution in [0.15, 0.2) is 36.7 Å². The number of H-pyrrole nitrogens is 1. The number of rotatable bonds is 10. The molecule has 1 aliphatic carbocycles. The van der Waals surface area contributed by atoms with E-state index in [4.69, 9.17) is 16.3 Å². The van der Waals surface area contributed by atoms with E-state index in [0.29, 0.717) is 47.0 Å². The maximum atomic E-state index is 12.6. The lowest BCUT2D eigenvalue weighted by molar-refractivity contribution is 0.0841. The minimum absolute atomic E-state index is 0.172. The van der Waals surface area contributed by atoms with Gasteiger partial charge in [-0.15, -0.1) is 0 Å². The molecular formula is C25H30ClN7O3. The molecule has 1 atom stereocenters. The summed E-state index contributed by atoms with van der Waals surface area (Å²) in [6.45, 7) is 2.34. The van der Waals surface area contributed by atoms with E-state index in [2.05, 4.69) is 35.9 Å². The number of hydrogen-bond donors (Lipinski definition) is 4. The van der Waals surface area contributed by atoms with Gasteiger partial charge in [-0.2, -0.15) is 15.4 Å². The number of β-amino-alcohol motifs (C(OH)–C–C–N with tert-alkyl or cyclic N) is 1. The molecule has 1 aliphatic heterocycles. The molecule has 3 heterocycles. The van der Waals surface area contributed by atoms with E-state index in [-0.39, 0.29) is 19.1 Å². The van der Waals surface area contributed by atoms with Crippen molar-refractivity contribution in [2.24, 2.45) is 0 Å². The molecule has 3 aromatic rings. The number of fused-ring (bicyclic) bond motifs is 1. The van der Waals surface area contributed by atoms with Gasteiger partial charge in [0.15, 0.2) is 0 Å². The average molecular weight is 512 g/mol. The Balaban J connectivity index is 1.10. The average Bonchev–Trinajstić information content (AvgIpc) is 3.38. The number of pyridine rings is 1. The third-order valence-corrected chi connectivity index (χ3v) is 7.08. The Bertz CT molecular complexity index is 1190. The molecule has 190 valence electrons. The molecule has 2 aromatic heterocycles. The van der Waals surface area contributed by atoms with E-state index in [0.717, 1.165) is 36.9 Å². The molecule has 36 heavy (non-hydrogen) atoms. The number of hydrogen-bond acceptors (Lipinski definition) is 8. The zero-order valence-corrected chi connectivity index (χ0v) is 20.7. The van der Waals surface area contributed by atoms with Gasteiger partial charge >= 0.3 is 0 Å². The minimum Gasteiger partial charge on any atom is -0.486 e. The molecule has 5 rings (SSSR count). The number of nitrogens with one attached hydrogen (secondary N) is 3. The van der Waals surface area contributed by atoms with E-state index >= 15 is 0 Å². The summed E-state index contributed by atoms with van der Waals surface area (Å²) in [5, 5.41) is 27.7. The molecule has 0 bridgehead atoms. The number of aromatic amines is 1. The number of aliphatic hydroxyl groups is 1. The topological polar surface area (TPSA) is 128 Å². The minimum atomic E-state index is -0.689. The third kappa shape index (κ3) is 5.95. The van der Waals surface area contributed by atoms with Crippen LogP contribution in [-0.4, -0.2) is 68.1 Å². The van der Waals surface area contributed by atoms with Crippen LogP contribution in [0.5, 0.6) is 5.75 Å². The lowest BCUT2D eigenvalue weighted by atomic mass is 9.93. The number of aromatic nitrogens is 4. The van der Waals surface area contributed by atoms with Crippen LogP contribution in [0.1, 0.15) is 46.4 Å². The molecule has 4 N–H and O–H groups in total. The molecule has 0 saturated heterocycles. The predicted octanol–water partition coefficient (Wildman–Crippen LogP) is 2.55. The Hall–Kier alpha value is -3.21. The van der Waals surface area contributed by atoms with Crippen LogP contribution >= 0.6 is 11.6 Å². The van der Waals surface area contributed by atoms with Crippen molar-refractivity contribution < 1.29 is 14.6 Å². The van der Waals surface area contributed by atoms with Gasteiger partial charge in [-0.05, 0) is 55.0 Å². The second-order valence-electron chi connectivity index (χ2n) is 9.32. The first-order valence-electron chi connectivity index (χ1n) is 12.2. The smallest absolute Gasteiger partial charge is 0.251 e. The molecule has 1 aromatic carbocycles. The summed E-state index contributed by atoms with van der Waals surface area (Å²) < 4.78 is 5.81. The second kappa shape index (κ2) is 11.2. The lowest BCUT2D eigenvalue weighted by Crippen LogP contribution is -2.42. The molecule has 0 spiro atoms. The van der Waals surface area contributed by atoms with Crippen molar-refractivity contribution in [2.45, 2.75) is 51.0 Å². The molecule has 2 aliphatic rings. The van der Waals surface area contributed by atoms with Crippen LogP contribution in [0.4, 0.5) is 5.82 Å². The Labute approximate surface area is 214 Å². The Morgan fingerprint density at radius 1 is 1.33 bits per heavy atom. The van der Waals surface area contributed by atoms with Crippen molar-refractivity contribution in [2.75, 3.05) is 25.0 Å². The number of anilines is 1. The quantitative estimate of drug-likeness (QED) is 0.327. The molecule has 11 heteroatoms. The summed E-state index contributed by atoms with van der Waals surface area (Å²) in [6.07, 6.45) is 6.80. The number of amides is 1. The fraction of sp³-hybridized carbons (Fsp3) is 0.440. The van der Waals surface area contributed by atoms with Gasteiger partial charge in [0.25, 0.3) is 5.91 Å². The highest BCUT2D eigenvalue weighted by atomic mass is 35.5. The summed E-state index contributed by atoms with van der Waals surface area (Å²) in [7, 11) is 0. The number of nitrogens with zero attached hydrogens (tertiary/aromatic N) is 4. The fourth-order valence-electron chi connectivity index (χ4n) is 4.45. The first-order chi connectivity index (χ1) is 17.5. The summed E-state index contributed by atoms with van der Waals surface area (Å²) in [5.74, 6) is 1.11. The van der Waals surface area contributed by atoms with Crippen molar-refractivity contribution >= 4 is 23.3 Å². The lowest BCUT2D eigenvalue weighted by Gasteiger charge is -2.31. The van der Waals surface area contributed by atoms with Crippen molar-refractivity contribution in [3.05, 3.63) is 64.1 Å². The van der Waals surface area contributed by atoms with Crippen molar-refractivity contribution in [3.8, 4) is 5.75 Å². The van der Waals surface area contributed by atoms with Crippen molar-refractivity contribution in [1.29, 1.82) is 0 Å². The zero-order valence-electron chi connectivity index (χ0n) is 19.9. The predicted molar refractivity (Wildman–Crippen MR) is 135 cm³/mol. The highest BCUT2D eigenvalue weighted by Crippen LogP contribution is 2.34. The van der Waals surface area contributed by atoms with E-state index < -0.39 is 6.10 Å². The summed E-state index contributed by atoms with van der Waals surface area (Å²) >= 11 is 6.62. The number of benzene rings is 1. The highest BCUT2D eigenvalue weighted by molar-refractivity contribution is 6.33. The zero-order chi connectivity index (χ0) is 24.9. The van der Waals surface area contributed by atoms with Gasteiger partial charge in [0.2, 0.25) is 0 Å². The van der Waals surface area contributed by atoms with Crippen LogP contribution in [0.3, 0.4) is 0 Å². The van der Waals surface area contributed by atoms with Crippen molar-refractivity contribution in [3.63, 3.8) is 0 Å². The first-order valence-corrected chi connectivity index (χ1v) is 12.6. The third-order valence-electron chi connectivity index (χ3n) is 6.66. The van der Waals surface area contributed by atoms with Crippen LogP contribution in [0, 0.1) is 0 Å². The largest absolute Gasteiger partial charge is 0.486 e. The Morgan fingerprint density at radius 3 is 3.00 bits per heavy atom. The molecule has 1 fully saturated rings. The highest BCUT2D eigenvalue weighted by Gasteiger charge is 2.23. The normalized spacial score (nSPS) is 16.6. The van der Waals surface area contributed by atoms with E-state index in [1.54, 1.807) is 24.5 Å². The Kier molecular flexibility index (Phi) is 7.64. The van der Waals surface area contributed by atoms with Gasteiger partial charge in [-0.1, -0.05) is 17.7 Å². The van der Waals surface area contributed by atoms with Gasteiger partial charge in [0.1, 0.15) is 23.9 Å². The van der Waals surface area contributed by atoms with Gasteiger partial charge in [0.05, 0.1) is 17.3 Å². The van der Waals surface area contributed by atoms with E-state index in [9.17, 15) is 9.90 Å². The standard InChI is InChI=1S/C25H30ClN7O3/c26-24-21-7-9-33(13-17(21)4-5-22(24)36-15-19-11-29-32-31-19)14-20(34)12-28-25(35)16-6-8-27-23(10-16)30-18-2-1-3-18/h4-6,8,10-11,18,20,34H,1-3,7,9,12-15H2,(H,27,30)(H,28,35)(H,29,31,32). The van der Waals surface area contributed by atoms with Gasteiger partial charge in [-0.25, -0.2) is 4.98 Å². The van der Waals surface area contributed by atoms with Crippen LogP contribution < -0.4 is 15.4 Å². The number of carbonyl (C=O) groups excluding carboxylic acids is 1.